The zero-order valence-corrected chi connectivity index (χ0v) is 7.32. The third-order valence-corrected chi connectivity index (χ3v) is 2.98. The van der Waals surface area contributed by atoms with Gasteiger partial charge in [0.05, 0.1) is 11.5 Å². The summed E-state index contributed by atoms with van der Waals surface area (Å²) in [6.45, 7) is 0. The van der Waals surface area contributed by atoms with Gasteiger partial charge in [0.15, 0.2) is 0 Å². The number of hydrogen-bond donors (Lipinski definition) is 0. The van der Waals surface area contributed by atoms with Gasteiger partial charge in [0.1, 0.15) is 9.84 Å². The van der Waals surface area contributed by atoms with Crippen LogP contribution in [0.25, 0.3) is 0 Å². The molecule has 0 atom stereocenters. The van der Waals surface area contributed by atoms with Gasteiger partial charge in [-0.05, 0) is 12.8 Å². The van der Waals surface area contributed by atoms with Crippen LogP contribution in [0.4, 0.5) is 0 Å². The fourth-order valence-corrected chi connectivity index (χ4v) is 2.24. The summed E-state index contributed by atoms with van der Waals surface area (Å²) in [5.41, 5.74) is 0. The Kier molecular flexibility index (Phi) is 4.27. The molecule has 0 unspecified atom stereocenters. The molecule has 7 heteroatoms. The van der Waals surface area contributed by atoms with E-state index in [4.69, 9.17) is 12.6 Å². The SMILES string of the molecule is O=S(=O)=O.O=S1(=O)CCCC1. The molecule has 1 rings (SSSR count). The molecule has 0 radical (unpaired) electrons. The molecule has 1 heterocycles. The maximum atomic E-state index is 10.4. The van der Waals surface area contributed by atoms with Crippen molar-refractivity contribution in [2.24, 2.45) is 0 Å². The van der Waals surface area contributed by atoms with Gasteiger partial charge in [-0.15, -0.1) is 12.6 Å². The summed E-state index contributed by atoms with van der Waals surface area (Å²) >= 11 is 0. The Labute approximate surface area is 66.4 Å². The van der Waals surface area contributed by atoms with Crippen LogP contribution in [0.2, 0.25) is 0 Å². The van der Waals surface area contributed by atoms with Crippen LogP contribution in [-0.4, -0.2) is 32.6 Å². The Morgan fingerprint density at radius 1 is 0.909 bits per heavy atom. The Balaban J connectivity index is 0.000000218. The van der Waals surface area contributed by atoms with E-state index in [0.29, 0.717) is 11.5 Å². The van der Waals surface area contributed by atoms with Gasteiger partial charge in [-0.2, -0.15) is 0 Å². The third kappa shape index (κ3) is 7.47. The minimum Gasteiger partial charge on any atom is -0.229 e. The second-order valence-electron chi connectivity index (χ2n) is 2.06. The number of rotatable bonds is 0. The molecule has 66 valence electrons. The van der Waals surface area contributed by atoms with Gasteiger partial charge >= 0.3 is 10.6 Å². The maximum Gasteiger partial charge on any atom is 0.425 e. The summed E-state index contributed by atoms with van der Waals surface area (Å²) in [6.07, 6.45) is 1.75. The minimum atomic E-state index is -3.11. The van der Waals surface area contributed by atoms with Crippen molar-refractivity contribution in [3.05, 3.63) is 0 Å². The lowest BCUT2D eigenvalue weighted by Crippen LogP contribution is -1.98. The first-order valence-electron chi connectivity index (χ1n) is 2.91. The lowest BCUT2D eigenvalue weighted by molar-refractivity contribution is 0.559. The van der Waals surface area contributed by atoms with Crippen molar-refractivity contribution < 1.29 is 21.0 Å². The molecule has 5 nitrogen and oxygen atoms in total. The van der Waals surface area contributed by atoms with Crippen LogP contribution in [0.5, 0.6) is 0 Å². The van der Waals surface area contributed by atoms with E-state index in [0.717, 1.165) is 12.8 Å². The van der Waals surface area contributed by atoms with Gasteiger partial charge in [-0.25, -0.2) is 8.42 Å². The predicted molar refractivity (Wildman–Crippen MR) is 37.6 cm³/mol. The molecule has 1 saturated heterocycles. The van der Waals surface area contributed by atoms with Crippen molar-refractivity contribution in [2.45, 2.75) is 12.8 Å². The lowest BCUT2D eigenvalue weighted by Gasteiger charge is -1.81. The quantitative estimate of drug-likeness (QED) is 0.510. The van der Waals surface area contributed by atoms with Crippen molar-refractivity contribution in [3.63, 3.8) is 0 Å². The van der Waals surface area contributed by atoms with E-state index >= 15 is 0 Å². The highest BCUT2D eigenvalue weighted by Gasteiger charge is 2.16. The molecule has 0 aromatic heterocycles. The summed E-state index contributed by atoms with van der Waals surface area (Å²) in [4.78, 5) is 0. The summed E-state index contributed by atoms with van der Waals surface area (Å²) < 4.78 is 46.2. The van der Waals surface area contributed by atoms with Crippen LogP contribution in [0.15, 0.2) is 0 Å². The van der Waals surface area contributed by atoms with Gasteiger partial charge in [-0.1, -0.05) is 0 Å². The first kappa shape index (κ1) is 10.6. The minimum absolute atomic E-state index is 0.424. The van der Waals surface area contributed by atoms with Crippen LogP contribution in [0.3, 0.4) is 0 Å². The monoisotopic (exact) mass is 200 g/mol. The zero-order chi connectivity index (χ0) is 8.91. The van der Waals surface area contributed by atoms with Gasteiger partial charge in [-0.3, -0.25) is 0 Å². The Morgan fingerprint density at radius 2 is 1.18 bits per heavy atom. The standard InChI is InChI=1S/C4H8O2S.O3S/c5-7(6)3-1-2-4-7;1-4(2)3/h1-4H2;. The van der Waals surface area contributed by atoms with Crippen LogP contribution >= 0.6 is 0 Å². The zero-order valence-electron chi connectivity index (χ0n) is 5.69. The normalized spacial score (nSPS) is 20.0. The molecular formula is C4H8O5S2. The average Bonchev–Trinajstić information content (AvgIpc) is 2.11. The Hall–Kier alpha value is -0.430. The predicted octanol–water partition coefficient (Wildman–Crippen LogP) is -0.809. The molecule has 0 spiro atoms. The molecule has 0 N–H and O–H groups in total. The highest BCUT2D eigenvalue weighted by Crippen LogP contribution is 2.08. The first-order chi connectivity index (χ1) is 4.94. The first-order valence-corrected chi connectivity index (χ1v) is 5.73. The molecule has 0 amide bonds. The Morgan fingerprint density at radius 3 is 1.27 bits per heavy atom. The van der Waals surface area contributed by atoms with E-state index in [2.05, 4.69) is 0 Å². The number of hydrogen-bond acceptors (Lipinski definition) is 5. The fraction of sp³-hybridized carbons (Fsp3) is 1.00. The third-order valence-electron chi connectivity index (χ3n) is 1.16. The lowest BCUT2D eigenvalue weighted by atomic mass is 10.4. The van der Waals surface area contributed by atoms with Gasteiger partial charge in [0, 0.05) is 0 Å². The second kappa shape index (κ2) is 4.45. The van der Waals surface area contributed by atoms with Gasteiger partial charge in [0.25, 0.3) is 0 Å². The van der Waals surface area contributed by atoms with E-state index in [1.54, 1.807) is 0 Å². The van der Waals surface area contributed by atoms with Crippen LogP contribution < -0.4 is 0 Å². The summed E-state index contributed by atoms with van der Waals surface area (Å²) in [5.74, 6) is 0.847. The molecule has 0 aliphatic carbocycles. The van der Waals surface area contributed by atoms with Crippen molar-refractivity contribution >= 4 is 20.4 Å². The molecule has 0 aromatic carbocycles. The number of sulfone groups is 1. The van der Waals surface area contributed by atoms with E-state index in [-0.39, 0.29) is 0 Å². The molecule has 1 aliphatic heterocycles. The maximum absolute atomic E-state index is 10.4. The molecular weight excluding hydrogens is 192 g/mol. The van der Waals surface area contributed by atoms with E-state index < -0.39 is 20.4 Å². The molecule has 0 bridgehead atoms. The van der Waals surface area contributed by atoms with E-state index in [9.17, 15) is 8.42 Å². The molecule has 0 aromatic rings. The van der Waals surface area contributed by atoms with Crippen molar-refractivity contribution in [1.29, 1.82) is 0 Å². The molecule has 11 heavy (non-hydrogen) atoms. The van der Waals surface area contributed by atoms with Crippen LogP contribution in [0, 0.1) is 0 Å². The molecule has 0 saturated carbocycles. The molecule has 1 aliphatic rings. The highest BCUT2D eigenvalue weighted by molar-refractivity contribution is 7.91. The average molecular weight is 200 g/mol. The van der Waals surface area contributed by atoms with Crippen molar-refractivity contribution in [1.82, 2.24) is 0 Å². The van der Waals surface area contributed by atoms with Gasteiger partial charge < -0.3 is 0 Å². The van der Waals surface area contributed by atoms with E-state index in [1.165, 1.54) is 0 Å². The van der Waals surface area contributed by atoms with Crippen LogP contribution in [0.1, 0.15) is 12.8 Å². The second-order valence-corrected chi connectivity index (χ2v) is 4.77. The highest BCUT2D eigenvalue weighted by atomic mass is 32.2. The van der Waals surface area contributed by atoms with Crippen molar-refractivity contribution in [2.75, 3.05) is 11.5 Å². The Bertz CT molecular complexity index is 277. The summed E-state index contributed by atoms with van der Waals surface area (Å²) in [7, 11) is -5.66. The fourth-order valence-electron chi connectivity index (χ4n) is 0.746. The van der Waals surface area contributed by atoms with Crippen molar-refractivity contribution in [3.8, 4) is 0 Å². The largest absolute Gasteiger partial charge is 0.425 e. The van der Waals surface area contributed by atoms with Crippen LogP contribution in [-0.2, 0) is 20.4 Å². The summed E-state index contributed by atoms with van der Waals surface area (Å²) in [5, 5.41) is 0. The molecule has 1 fully saturated rings. The van der Waals surface area contributed by atoms with E-state index in [1.807, 2.05) is 0 Å². The topological polar surface area (TPSA) is 85.3 Å². The smallest absolute Gasteiger partial charge is 0.229 e. The van der Waals surface area contributed by atoms with Gasteiger partial charge in [0.2, 0.25) is 0 Å². The summed E-state index contributed by atoms with van der Waals surface area (Å²) in [6, 6.07) is 0.